The molecule has 0 unspecified atom stereocenters. The van der Waals surface area contributed by atoms with Crippen molar-refractivity contribution in [3.05, 3.63) is 12.2 Å². The summed E-state index contributed by atoms with van der Waals surface area (Å²) in [5, 5.41) is 10.3. The molecule has 0 aliphatic heterocycles. The molecular weight excluding hydrogens is 196 g/mol. The van der Waals surface area contributed by atoms with Crippen molar-refractivity contribution in [2.24, 2.45) is 17.3 Å². The lowest BCUT2D eigenvalue weighted by Crippen LogP contribution is -2.35. The molecule has 0 aromatic carbocycles. The minimum Gasteiger partial charge on any atom is -0.393 e. The zero-order valence-electron chi connectivity index (χ0n) is 10.8. The second kappa shape index (κ2) is 4.52. The molecule has 1 nitrogen and oxygen atoms in total. The molecule has 0 aromatic heterocycles. The Morgan fingerprint density at radius 1 is 1.50 bits per heavy atom. The summed E-state index contributed by atoms with van der Waals surface area (Å²) >= 11 is 0. The molecule has 0 spiro atoms. The summed E-state index contributed by atoms with van der Waals surface area (Å²) in [5.41, 5.74) is 1.88. The van der Waals surface area contributed by atoms with Gasteiger partial charge in [-0.05, 0) is 55.8 Å². The van der Waals surface area contributed by atoms with Crippen molar-refractivity contribution in [3.63, 3.8) is 0 Å². The lowest BCUT2D eigenvalue weighted by Gasteiger charge is -2.41. The first kappa shape index (κ1) is 12.2. The SMILES string of the molecule is C=C1CCC[C@]2(C)CC[C@@H]([C@H](O)CCC)[C@H]12. The molecule has 2 fully saturated rings. The number of aliphatic hydroxyl groups is 1. The van der Waals surface area contributed by atoms with Gasteiger partial charge >= 0.3 is 0 Å². The van der Waals surface area contributed by atoms with E-state index in [9.17, 15) is 5.11 Å². The van der Waals surface area contributed by atoms with Crippen LogP contribution in [-0.2, 0) is 0 Å². The molecule has 0 amide bonds. The van der Waals surface area contributed by atoms with Gasteiger partial charge in [-0.2, -0.15) is 0 Å². The largest absolute Gasteiger partial charge is 0.393 e. The predicted octanol–water partition coefficient (Wildman–Crippen LogP) is 3.92. The van der Waals surface area contributed by atoms with E-state index in [2.05, 4.69) is 20.4 Å². The fourth-order valence-electron chi connectivity index (χ4n) is 4.21. The van der Waals surface area contributed by atoms with Crippen molar-refractivity contribution < 1.29 is 5.11 Å². The number of rotatable bonds is 3. The van der Waals surface area contributed by atoms with Gasteiger partial charge in [0.05, 0.1) is 6.10 Å². The average Bonchev–Trinajstić information content (AvgIpc) is 2.57. The Balaban J connectivity index is 2.14. The molecule has 2 rings (SSSR count). The highest BCUT2D eigenvalue weighted by molar-refractivity contribution is 5.16. The standard InChI is InChI=1S/C15H26O/c1-4-6-13(16)12-8-10-15(3)9-5-7-11(2)14(12)15/h12-14,16H,2,4-10H2,1,3H3/t12-,13+,14-,15+/m0/s1. The zero-order chi connectivity index (χ0) is 11.8. The van der Waals surface area contributed by atoms with E-state index in [4.69, 9.17) is 0 Å². The Bertz CT molecular complexity index is 271. The number of hydrogen-bond donors (Lipinski definition) is 1. The van der Waals surface area contributed by atoms with Gasteiger partial charge in [-0.3, -0.25) is 0 Å². The summed E-state index contributed by atoms with van der Waals surface area (Å²) < 4.78 is 0. The van der Waals surface area contributed by atoms with Gasteiger partial charge in [-0.1, -0.05) is 32.4 Å². The molecule has 0 radical (unpaired) electrons. The molecule has 16 heavy (non-hydrogen) atoms. The van der Waals surface area contributed by atoms with Gasteiger partial charge in [0.1, 0.15) is 0 Å². The lowest BCUT2D eigenvalue weighted by atomic mass is 9.64. The molecule has 2 saturated carbocycles. The van der Waals surface area contributed by atoms with Crippen LogP contribution in [0.25, 0.3) is 0 Å². The summed E-state index contributed by atoms with van der Waals surface area (Å²) in [6, 6.07) is 0. The van der Waals surface area contributed by atoms with Crippen LogP contribution < -0.4 is 0 Å². The van der Waals surface area contributed by atoms with Gasteiger partial charge in [-0.25, -0.2) is 0 Å². The van der Waals surface area contributed by atoms with Crippen molar-refractivity contribution in [1.82, 2.24) is 0 Å². The monoisotopic (exact) mass is 222 g/mol. The first-order valence-corrected chi connectivity index (χ1v) is 6.94. The van der Waals surface area contributed by atoms with E-state index in [1.54, 1.807) is 0 Å². The van der Waals surface area contributed by atoms with E-state index in [1.807, 2.05) is 0 Å². The zero-order valence-corrected chi connectivity index (χ0v) is 10.8. The fraction of sp³-hybridized carbons (Fsp3) is 0.867. The van der Waals surface area contributed by atoms with Gasteiger partial charge in [0.25, 0.3) is 0 Å². The van der Waals surface area contributed by atoms with Gasteiger partial charge in [0.2, 0.25) is 0 Å². The predicted molar refractivity (Wildman–Crippen MR) is 68.2 cm³/mol. The molecule has 4 atom stereocenters. The maximum Gasteiger partial charge on any atom is 0.0574 e. The van der Waals surface area contributed by atoms with Crippen LogP contribution in [0.3, 0.4) is 0 Å². The maximum atomic E-state index is 10.3. The molecule has 92 valence electrons. The third-order valence-corrected chi connectivity index (χ3v) is 4.99. The van der Waals surface area contributed by atoms with E-state index in [1.165, 1.54) is 37.7 Å². The summed E-state index contributed by atoms with van der Waals surface area (Å²) in [6.45, 7) is 8.86. The third-order valence-electron chi connectivity index (χ3n) is 4.99. The molecule has 0 bridgehead atoms. The smallest absolute Gasteiger partial charge is 0.0574 e. The van der Waals surface area contributed by atoms with Crippen molar-refractivity contribution >= 4 is 0 Å². The highest BCUT2D eigenvalue weighted by Crippen LogP contribution is 2.57. The van der Waals surface area contributed by atoms with Crippen LogP contribution in [0.15, 0.2) is 12.2 Å². The van der Waals surface area contributed by atoms with E-state index in [0.29, 0.717) is 17.3 Å². The average molecular weight is 222 g/mol. The van der Waals surface area contributed by atoms with Crippen LogP contribution in [0.5, 0.6) is 0 Å². The summed E-state index contributed by atoms with van der Waals surface area (Å²) in [4.78, 5) is 0. The van der Waals surface area contributed by atoms with Gasteiger partial charge in [0, 0.05) is 0 Å². The lowest BCUT2D eigenvalue weighted by molar-refractivity contribution is 0.0575. The molecule has 2 aliphatic carbocycles. The Labute approximate surface area is 99.9 Å². The van der Waals surface area contributed by atoms with Crippen molar-refractivity contribution in [2.75, 3.05) is 0 Å². The molecule has 0 saturated heterocycles. The second-order valence-corrected chi connectivity index (χ2v) is 6.20. The minimum atomic E-state index is -0.0910. The minimum absolute atomic E-state index is 0.0910. The number of fused-ring (bicyclic) bond motifs is 1. The first-order valence-electron chi connectivity index (χ1n) is 6.94. The maximum absolute atomic E-state index is 10.3. The van der Waals surface area contributed by atoms with Crippen LogP contribution >= 0.6 is 0 Å². The quantitative estimate of drug-likeness (QED) is 0.718. The summed E-state index contributed by atoms with van der Waals surface area (Å²) in [7, 11) is 0. The number of aliphatic hydroxyl groups excluding tert-OH is 1. The normalized spacial score (nSPS) is 40.8. The highest BCUT2D eigenvalue weighted by atomic mass is 16.3. The highest BCUT2D eigenvalue weighted by Gasteiger charge is 2.49. The van der Waals surface area contributed by atoms with Crippen molar-refractivity contribution in [1.29, 1.82) is 0 Å². The van der Waals surface area contributed by atoms with Gasteiger partial charge in [-0.15, -0.1) is 0 Å². The molecule has 1 heteroatoms. The topological polar surface area (TPSA) is 20.2 Å². The summed E-state index contributed by atoms with van der Waals surface area (Å²) in [6.07, 6.45) is 8.30. The van der Waals surface area contributed by atoms with Gasteiger partial charge < -0.3 is 5.11 Å². The van der Waals surface area contributed by atoms with E-state index >= 15 is 0 Å². The second-order valence-electron chi connectivity index (χ2n) is 6.20. The van der Waals surface area contributed by atoms with Crippen LogP contribution in [0, 0.1) is 17.3 Å². The Morgan fingerprint density at radius 3 is 2.94 bits per heavy atom. The fourth-order valence-corrected chi connectivity index (χ4v) is 4.21. The third kappa shape index (κ3) is 1.95. The number of allylic oxidation sites excluding steroid dienone is 1. The molecule has 2 aliphatic rings. The van der Waals surface area contributed by atoms with Crippen LogP contribution in [0.1, 0.15) is 58.8 Å². The number of hydrogen-bond acceptors (Lipinski definition) is 1. The molecular formula is C15H26O. The Morgan fingerprint density at radius 2 is 2.25 bits per heavy atom. The van der Waals surface area contributed by atoms with Crippen LogP contribution in [0.4, 0.5) is 0 Å². The Kier molecular flexibility index (Phi) is 3.44. The first-order chi connectivity index (χ1) is 7.58. The van der Waals surface area contributed by atoms with E-state index in [0.717, 1.165) is 12.8 Å². The molecule has 1 N–H and O–H groups in total. The van der Waals surface area contributed by atoms with E-state index in [-0.39, 0.29) is 6.10 Å². The van der Waals surface area contributed by atoms with Gasteiger partial charge in [0.15, 0.2) is 0 Å². The molecule has 0 aromatic rings. The Hall–Kier alpha value is -0.300. The molecule has 0 heterocycles. The van der Waals surface area contributed by atoms with Crippen LogP contribution in [0.2, 0.25) is 0 Å². The van der Waals surface area contributed by atoms with Crippen molar-refractivity contribution in [2.45, 2.75) is 64.9 Å². The van der Waals surface area contributed by atoms with Crippen molar-refractivity contribution in [3.8, 4) is 0 Å². The van der Waals surface area contributed by atoms with E-state index < -0.39 is 0 Å². The summed E-state index contributed by atoms with van der Waals surface area (Å²) in [5.74, 6) is 1.10. The van der Waals surface area contributed by atoms with Crippen LogP contribution in [-0.4, -0.2) is 11.2 Å².